The molecular weight excluding hydrogens is 226 g/mol. The number of unbranched alkanes of at least 4 members (excludes halogenated alkanes) is 1. The molecule has 0 fully saturated rings. The van der Waals surface area contributed by atoms with Crippen molar-refractivity contribution in [3.63, 3.8) is 0 Å². The molecule has 0 aliphatic carbocycles. The maximum atomic E-state index is 5.50. The zero-order valence-electron chi connectivity index (χ0n) is 12.0. The molecule has 1 rings (SSSR count). The van der Waals surface area contributed by atoms with E-state index < -0.39 is 0 Å². The number of hydrogen-bond acceptors (Lipinski definition) is 4. The van der Waals surface area contributed by atoms with Gasteiger partial charge in [0.25, 0.3) is 0 Å². The monoisotopic (exact) mass is 251 g/mol. The average molecular weight is 251 g/mol. The predicted molar refractivity (Wildman–Crippen MR) is 75.1 cm³/mol. The fourth-order valence-corrected chi connectivity index (χ4v) is 1.54. The van der Waals surface area contributed by atoms with E-state index in [1.165, 1.54) is 6.42 Å². The highest BCUT2D eigenvalue weighted by Crippen LogP contribution is 2.13. The molecule has 1 aromatic heterocycles. The molecule has 0 saturated carbocycles. The minimum Gasteiger partial charge on any atom is -0.380 e. The molecule has 0 atom stereocenters. The van der Waals surface area contributed by atoms with Crippen LogP contribution in [0.2, 0.25) is 0 Å². The number of rotatable bonds is 8. The molecule has 1 heterocycles. The second kappa shape index (κ2) is 8.03. The number of hydrogen-bond donors (Lipinski definition) is 1. The number of ether oxygens (including phenoxy) is 1. The van der Waals surface area contributed by atoms with Gasteiger partial charge in [0.2, 0.25) is 0 Å². The van der Waals surface area contributed by atoms with Crippen LogP contribution in [0, 0.1) is 6.92 Å². The standard InChI is InChI=1S/C14H25N3O/c1-5-6-8-18-9-7-15-13-10-12(4)16-14(17-13)11(2)3/h10-11H,5-9H2,1-4H3,(H,15,16,17). The number of nitrogens with zero attached hydrogens (tertiary/aromatic N) is 2. The van der Waals surface area contributed by atoms with Gasteiger partial charge in [-0.15, -0.1) is 0 Å². The largest absolute Gasteiger partial charge is 0.380 e. The Balaban J connectivity index is 2.37. The van der Waals surface area contributed by atoms with Gasteiger partial charge in [0.05, 0.1) is 6.61 Å². The lowest BCUT2D eigenvalue weighted by Gasteiger charge is -2.10. The Morgan fingerprint density at radius 2 is 2.06 bits per heavy atom. The Labute approximate surface area is 110 Å². The third kappa shape index (κ3) is 5.45. The average Bonchev–Trinajstić information content (AvgIpc) is 2.33. The Morgan fingerprint density at radius 1 is 1.28 bits per heavy atom. The van der Waals surface area contributed by atoms with Crippen molar-refractivity contribution in [2.24, 2.45) is 0 Å². The molecule has 1 aromatic rings. The van der Waals surface area contributed by atoms with E-state index in [2.05, 4.69) is 36.1 Å². The summed E-state index contributed by atoms with van der Waals surface area (Å²) in [5, 5.41) is 3.28. The van der Waals surface area contributed by atoms with Crippen molar-refractivity contribution >= 4 is 5.82 Å². The van der Waals surface area contributed by atoms with Crippen molar-refractivity contribution in [2.75, 3.05) is 25.1 Å². The molecule has 0 bridgehead atoms. The Kier molecular flexibility index (Phi) is 6.65. The first kappa shape index (κ1) is 14.9. The summed E-state index contributed by atoms with van der Waals surface area (Å²) in [4.78, 5) is 8.91. The van der Waals surface area contributed by atoms with Crippen LogP contribution in [-0.2, 0) is 4.74 Å². The van der Waals surface area contributed by atoms with Gasteiger partial charge in [-0.1, -0.05) is 27.2 Å². The first-order chi connectivity index (χ1) is 8.63. The molecule has 4 heteroatoms. The maximum Gasteiger partial charge on any atom is 0.133 e. The van der Waals surface area contributed by atoms with Crippen LogP contribution in [0.1, 0.15) is 51.0 Å². The van der Waals surface area contributed by atoms with Crippen molar-refractivity contribution in [1.29, 1.82) is 0 Å². The number of aryl methyl sites for hydroxylation is 1. The summed E-state index contributed by atoms with van der Waals surface area (Å²) in [5.74, 6) is 2.14. The summed E-state index contributed by atoms with van der Waals surface area (Å²) in [5.41, 5.74) is 1.00. The number of anilines is 1. The van der Waals surface area contributed by atoms with Crippen LogP contribution < -0.4 is 5.32 Å². The molecule has 0 aromatic carbocycles. The second-order valence-corrected chi connectivity index (χ2v) is 4.80. The molecule has 1 N–H and O–H groups in total. The number of aromatic nitrogens is 2. The first-order valence-electron chi connectivity index (χ1n) is 6.80. The molecule has 4 nitrogen and oxygen atoms in total. The van der Waals surface area contributed by atoms with Crippen LogP contribution in [0.15, 0.2) is 6.07 Å². The van der Waals surface area contributed by atoms with Crippen LogP contribution in [0.25, 0.3) is 0 Å². The minimum absolute atomic E-state index is 0.353. The predicted octanol–water partition coefficient (Wildman–Crippen LogP) is 3.14. The molecule has 0 spiro atoms. The molecule has 0 radical (unpaired) electrons. The first-order valence-corrected chi connectivity index (χ1v) is 6.80. The van der Waals surface area contributed by atoms with Crippen LogP contribution in [0.5, 0.6) is 0 Å². The van der Waals surface area contributed by atoms with Gasteiger partial charge in [0.15, 0.2) is 0 Å². The Morgan fingerprint density at radius 3 is 2.72 bits per heavy atom. The zero-order chi connectivity index (χ0) is 13.4. The third-order valence-corrected chi connectivity index (χ3v) is 2.58. The van der Waals surface area contributed by atoms with Crippen molar-refractivity contribution in [2.45, 2.75) is 46.5 Å². The SMILES string of the molecule is CCCCOCCNc1cc(C)nc(C(C)C)n1. The highest BCUT2D eigenvalue weighted by Gasteiger charge is 2.05. The number of nitrogens with one attached hydrogen (secondary N) is 1. The van der Waals surface area contributed by atoms with Gasteiger partial charge in [-0.2, -0.15) is 0 Å². The fraction of sp³-hybridized carbons (Fsp3) is 0.714. The van der Waals surface area contributed by atoms with Crippen LogP contribution in [-0.4, -0.2) is 29.7 Å². The molecule has 0 saturated heterocycles. The highest BCUT2D eigenvalue weighted by atomic mass is 16.5. The third-order valence-electron chi connectivity index (χ3n) is 2.58. The minimum atomic E-state index is 0.353. The van der Waals surface area contributed by atoms with Crippen molar-refractivity contribution in [3.8, 4) is 0 Å². The molecule has 0 unspecified atom stereocenters. The van der Waals surface area contributed by atoms with Crippen molar-refractivity contribution < 1.29 is 4.74 Å². The van der Waals surface area contributed by atoms with Gasteiger partial charge in [-0.05, 0) is 13.3 Å². The smallest absolute Gasteiger partial charge is 0.133 e. The zero-order valence-corrected chi connectivity index (χ0v) is 12.0. The van der Waals surface area contributed by atoms with Crippen LogP contribution >= 0.6 is 0 Å². The lowest BCUT2D eigenvalue weighted by Crippen LogP contribution is -2.12. The summed E-state index contributed by atoms with van der Waals surface area (Å²) < 4.78 is 5.50. The topological polar surface area (TPSA) is 47.0 Å². The maximum absolute atomic E-state index is 5.50. The molecule has 0 aliphatic rings. The van der Waals surface area contributed by atoms with Gasteiger partial charge in [0, 0.05) is 30.8 Å². The van der Waals surface area contributed by atoms with Crippen molar-refractivity contribution in [1.82, 2.24) is 9.97 Å². The molecule has 0 aliphatic heterocycles. The Hall–Kier alpha value is -1.16. The van der Waals surface area contributed by atoms with E-state index in [9.17, 15) is 0 Å². The summed E-state index contributed by atoms with van der Waals surface area (Å²) in [6.07, 6.45) is 2.31. The lowest BCUT2D eigenvalue weighted by molar-refractivity contribution is 0.141. The van der Waals surface area contributed by atoms with E-state index in [-0.39, 0.29) is 0 Å². The fourth-order valence-electron chi connectivity index (χ4n) is 1.54. The highest BCUT2D eigenvalue weighted by molar-refractivity contribution is 5.36. The van der Waals surface area contributed by atoms with E-state index in [4.69, 9.17) is 4.74 Å². The van der Waals surface area contributed by atoms with Crippen LogP contribution in [0.3, 0.4) is 0 Å². The summed E-state index contributed by atoms with van der Waals surface area (Å²) >= 11 is 0. The molecular formula is C14H25N3O. The van der Waals surface area contributed by atoms with Gasteiger partial charge in [-0.3, -0.25) is 0 Å². The quantitative estimate of drug-likeness (QED) is 0.721. The lowest BCUT2D eigenvalue weighted by atomic mass is 10.2. The summed E-state index contributed by atoms with van der Waals surface area (Å²) in [7, 11) is 0. The van der Waals surface area contributed by atoms with E-state index in [0.29, 0.717) is 5.92 Å². The summed E-state index contributed by atoms with van der Waals surface area (Å²) in [6.45, 7) is 10.7. The van der Waals surface area contributed by atoms with Gasteiger partial charge in [0.1, 0.15) is 11.6 Å². The summed E-state index contributed by atoms with van der Waals surface area (Å²) in [6, 6.07) is 1.97. The molecule has 0 amide bonds. The van der Waals surface area contributed by atoms with Gasteiger partial charge in [-0.25, -0.2) is 9.97 Å². The normalized spacial score (nSPS) is 10.9. The second-order valence-electron chi connectivity index (χ2n) is 4.80. The van der Waals surface area contributed by atoms with E-state index in [1.54, 1.807) is 0 Å². The van der Waals surface area contributed by atoms with E-state index >= 15 is 0 Å². The van der Waals surface area contributed by atoms with Gasteiger partial charge >= 0.3 is 0 Å². The molecule has 18 heavy (non-hydrogen) atoms. The Bertz CT molecular complexity index is 353. The van der Waals surface area contributed by atoms with E-state index in [1.807, 2.05) is 13.0 Å². The van der Waals surface area contributed by atoms with Crippen LogP contribution in [0.4, 0.5) is 5.82 Å². The van der Waals surface area contributed by atoms with E-state index in [0.717, 1.165) is 43.5 Å². The molecule has 102 valence electrons. The van der Waals surface area contributed by atoms with Crippen molar-refractivity contribution in [3.05, 3.63) is 17.6 Å². The van der Waals surface area contributed by atoms with Gasteiger partial charge < -0.3 is 10.1 Å².